The number of nitro benzene ring substituents is 1. The van der Waals surface area contributed by atoms with Crippen LogP contribution in [-0.2, 0) is 11.2 Å². The molecule has 0 atom stereocenters. The molecule has 0 bridgehead atoms. The third-order valence-electron chi connectivity index (χ3n) is 3.09. The summed E-state index contributed by atoms with van der Waals surface area (Å²) in [4.78, 5) is 23.2. The first-order valence-electron chi connectivity index (χ1n) is 6.23. The summed E-state index contributed by atoms with van der Waals surface area (Å²) in [5.74, 6) is -0.496. The van der Waals surface area contributed by atoms with Gasteiger partial charge in [0.15, 0.2) is 0 Å². The quantitative estimate of drug-likeness (QED) is 0.531. The highest BCUT2D eigenvalue weighted by molar-refractivity contribution is 7.18. The van der Waals surface area contributed by atoms with Gasteiger partial charge < -0.3 is 10.5 Å². The molecule has 2 aromatic rings. The summed E-state index contributed by atoms with van der Waals surface area (Å²) in [6.45, 7) is 1.92. The Morgan fingerprint density at radius 1 is 1.48 bits per heavy atom. The molecule has 0 unspecified atom stereocenters. The molecule has 1 aromatic carbocycles. The average molecular weight is 306 g/mol. The van der Waals surface area contributed by atoms with Gasteiger partial charge in [-0.15, -0.1) is 11.3 Å². The van der Waals surface area contributed by atoms with E-state index in [1.807, 2.05) is 6.92 Å². The maximum atomic E-state index is 11.7. The molecule has 2 N–H and O–H groups in total. The van der Waals surface area contributed by atoms with Gasteiger partial charge in [-0.25, -0.2) is 4.79 Å². The molecule has 0 saturated heterocycles. The minimum atomic E-state index is -0.496. The van der Waals surface area contributed by atoms with Gasteiger partial charge in [-0.3, -0.25) is 10.1 Å². The number of anilines is 1. The summed E-state index contributed by atoms with van der Waals surface area (Å²) >= 11 is 1.19. The normalized spacial score (nSPS) is 10.4. The molecule has 0 saturated carbocycles. The van der Waals surface area contributed by atoms with E-state index in [2.05, 4.69) is 0 Å². The van der Waals surface area contributed by atoms with Crippen LogP contribution in [0.25, 0.3) is 10.4 Å². The number of carbonyl (C=O) groups is 1. The number of nitrogens with two attached hydrogens (primary N) is 1. The zero-order valence-electron chi connectivity index (χ0n) is 11.6. The summed E-state index contributed by atoms with van der Waals surface area (Å²) in [7, 11) is 1.29. The maximum Gasteiger partial charge on any atom is 0.350 e. The van der Waals surface area contributed by atoms with Crippen LogP contribution in [0.4, 0.5) is 11.4 Å². The van der Waals surface area contributed by atoms with Gasteiger partial charge in [0.2, 0.25) is 0 Å². The van der Waals surface area contributed by atoms with E-state index in [1.165, 1.54) is 30.6 Å². The van der Waals surface area contributed by atoms with E-state index in [1.54, 1.807) is 12.1 Å². The van der Waals surface area contributed by atoms with Crippen LogP contribution in [-0.4, -0.2) is 18.0 Å². The highest BCUT2D eigenvalue weighted by Gasteiger charge is 2.22. The van der Waals surface area contributed by atoms with Crippen LogP contribution in [0.3, 0.4) is 0 Å². The van der Waals surface area contributed by atoms with E-state index in [0.717, 1.165) is 10.4 Å². The van der Waals surface area contributed by atoms with Gasteiger partial charge >= 0.3 is 5.97 Å². The number of benzene rings is 1. The monoisotopic (exact) mass is 306 g/mol. The van der Waals surface area contributed by atoms with E-state index >= 15 is 0 Å². The number of nitrogens with zero attached hydrogens (tertiary/aromatic N) is 1. The van der Waals surface area contributed by atoms with Gasteiger partial charge in [-0.2, -0.15) is 0 Å². The highest BCUT2D eigenvalue weighted by Crippen LogP contribution is 2.40. The Hall–Kier alpha value is -2.41. The van der Waals surface area contributed by atoms with Crippen LogP contribution in [0, 0.1) is 10.1 Å². The van der Waals surface area contributed by atoms with Crippen LogP contribution in [0.1, 0.15) is 22.2 Å². The molecular formula is C14H14N2O4S. The number of ether oxygens (including phenoxy) is 1. The number of nitro groups is 1. The molecular weight excluding hydrogens is 292 g/mol. The van der Waals surface area contributed by atoms with Crippen molar-refractivity contribution in [2.24, 2.45) is 0 Å². The zero-order chi connectivity index (χ0) is 15.6. The lowest BCUT2D eigenvalue weighted by Crippen LogP contribution is -2.02. The number of carbonyl (C=O) groups excluding carboxylic acids is 1. The Balaban J connectivity index is 2.61. The number of hydrogen-bond acceptors (Lipinski definition) is 6. The lowest BCUT2D eigenvalue weighted by Gasteiger charge is -2.02. The van der Waals surface area contributed by atoms with Gasteiger partial charge in [-0.1, -0.05) is 19.1 Å². The van der Waals surface area contributed by atoms with Crippen LogP contribution >= 0.6 is 11.3 Å². The summed E-state index contributed by atoms with van der Waals surface area (Å²) in [6.07, 6.45) is 0.622. The SMILES string of the molecule is CCc1c(-c2cccc([N+](=O)[O-])c2)sc(C(=O)OC)c1N. The van der Waals surface area contributed by atoms with Crippen molar-refractivity contribution < 1.29 is 14.5 Å². The Morgan fingerprint density at radius 3 is 2.76 bits per heavy atom. The maximum absolute atomic E-state index is 11.7. The second kappa shape index (κ2) is 5.92. The Bertz CT molecular complexity index is 709. The molecule has 0 aliphatic heterocycles. The first-order chi connectivity index (χ1) is 9.99. The van der Waals surface area contributed by atoms with Gasteiger partial charge in [0, 0.05) is 17.0 Å². The number of methoxy groups -OCH3 is 1. The number of hydrogen-bond donors (Lipinski definition) is 1. The average Bonchev–Trinajstić information content (AvgIpc) is 2.83. The van der Waals surface area contributed by atoms with Crippen LogP contribution in [0.2, 0.25) is 0 Å². The summed E-state index contributed by atoms with van der Waals surface area (Å²) in [5, 5.41) is 10.9. The molecule has 0 spiro atoms. The predicted octanol–water partition coefficient (Wildman–Crippen LogP) is 3.25. The van der Waals surface area contributed by atoms with Crippen molar-refractivity contribution in [1.29, 1.82) is 0 Å². The Kier molecular flexibility index (Phi) is 4.23. The van der Waals surface area contributed by atoms with Gasteiger partial charge in [0.25, 0.3) is 5.69 Å². The number of thiophene rings is 1. The molecule has 2 rings (SSSR count). The molecule has 0 radical (unpaired) electrons. The molecule has 110 valence electrons. The number of esters is 1. The summed E-state index contributed by atoms with van der Waals surface area (Å²) < 4.78 is 4.71. The molecule has 0 fully saturated rings. The topological polar surface area (TPSA) is 95.5 Å². The number of non-ortho nitro benzene ring substituents is 1. The first kappa shape index (κ1) is 15.0. The van der Waals surface area contributed by atoms with E-state index in [0.29, 0.717) is 22.5 Å². The number of rotatable bonds is 4. The van der Waals surface area contributed by atoms with Crippen molar-refractivity contribution in [2.75, 3.05) is 12.8 Å². The molecule has 0 aliphatic rings. The van der Waals surface area contributed by atoms with Gasteiger partial charge in [0.05, 0.1) is 17.7 Å². The standard InChI is InChI=1S/C14H14N2O4S/c1-3-10-11(15)13(14(17)20-2)21-12(10)8-5-4-6-9(7-8)16(18)19/h4-7H,3,15H2,1-2H3. The second-order valence-corrected chi connectivity index (χ2v) is 5.33. The molecule has 21 heavy (non-hydrogen) atoms. The molecule has 1 heterocycles. The van der Waals surface area contributed by atoms with Crippen molar-refractivity contribution in [2.45, 2.75) is 13.3 Å². The summed E-state index contributed by atoms with van der Waals surface area (Å²) in [6, 6.07) is 6.28. The van der Waals surface area contributed by atoms with E-state index in [4.69, 9.17) is 10.5 Å². The fourth-order valence-corrected chi connectivity index (χ4v) is 3.29. The fraction of sp³-hybridized carbons (Fsp3) is 0.214. The minimum Gasteiger partial charge on any atom is -0.465 e. The largest absolute Gasteiger partial charge is 0.465 e. The van der Waals surface area contributed by atoms with Crippen molar-refractivity contribution in [3.63, 3.8) is 0 Å². The van der Waals surface area contributed by atoms with Crippen molar-refractivity contribution in [1.82, 2.24) is 0 Å². The van der Waals surface area contributed by atoms with Crippen molar-refractivity contribution in [3.05, 3.63) is 44.8 Å². The van der Waals surface area contributed by atoms with E-state index in [-0.39, 0.29) is 5.69 Å². The third-order valence-corrected chi connectivity index (χ3v) is 4.37. The highest BCUT2D eigenvalue weighted by atomic mass is 32.1. The third kappa shape index (κ3) is 2.73. The number of nitrogen functional groups attached to an aromatic ring is 1. The zero-order valence-corrected chi connectivity index (χ0v) is 12.4. The summed E-state index contributed by atoms with van der Waals surface area (Å²) in [5.41, 5.74) is 7.87. The van der Waals surface area contributed by atoms with Crippen molar-refractivity contribution in [3.8, 4) is 10.4 Å². The predicted molar refractivity (Wildman–Crippen MR) is 81.5 cm³/mol. The lowest BCUT2D eigenvalue weighted by molar-refractivity contribution is -0.384. The van der Waals surface area contributed by atoms with E-state index < -0.39 is 10.9 Å². The fourth-order valence-electron chi connectivity index (χ4n) is 2.07. The van der Waals surface area contributed by atoms with Gasteiger partial charge in [0.1, 0.15) is 4.88 Å². The van der Waals surface area contributed by atoms with Crippen LogP contribution in [0.15, 0.2) is 24.3 Å². The Labute approximate surface area is 125 Å². The van der Waals surface area contributed by atoms with Gasteiger partial charge in [-0.05, 0) is 17.5 Å². The molecule has 1 aromatic heterocycles. The molecule has 7 heteroatoms. The van der Waals surface area contributed by atoms with Crippen LogP contribution in [0.5, 0.6) is 0 Å². The first-order valence-corrected chi connectivity index (χ1v) is 7.05. The molecule has 0 aliphatic carbocycles. The minimum absolute atomic E-state index is 0.00106. The van der Waals surface area contributed by atoms with Crippen molar-refractivity contribution >= 4 is 28.7 Å². The molecule has 6 nitrogen and oxygen atoms in total. The lowest BCUT2D eigenvalue weighted by atomic mass is 10.1. The molecule has 0 amide bonds. The second-order valence-electron chi connectivity index (χ2n) is 4.31. The Morgan fingerprint density at radius 2 is 2.19 bits per heavy atom. The smallest absolute Gasteiger partial charge is 0.350 e. The van der Waals surface area contributed by atoms with Crippen LogP contribution < -0.4 is 5.73 Å². The van der Waals surface area contributed by atoms with E-state index in [9.17, 15) is 14.9 Å².